The van der Waals surface area contributed by atoms with Gasteiger partial charge in [0.2, 0.25) is 10.0 Å². The number of primary sulfonamides is 1. The van der Waals surface area contributed by atoms with E-state index in [0.717, 1.165) is 5.69 Å². The Labute approximate surface area is 121 Å². The molecule has 0 unspecified atom stereocenters. The molecule has 0 spiro atoms. The predicted molar refractivity (Wildman–Crippen MR) is 78.3 cm³/mol. The third-order valence-electron chi connectivity index (χ3n) is 2.63. The summed E-state index contributed by atoms with van der Waals surface area (Å²) in [7, 11) is -3.60. The molecule has 9 heteroatoms. The van der Waals surface area contributed by atoms with Gasteiger partial charge >= 0.3 is 0 Å². The first-order valence-electron chi connectivity index (χ1n) is 6.05. The number of hydrogen-bond donors (Lipinski definition) is 3. The molecule has 1 aromatic carbocycles. The Kier molecular flexibility index (Phi) is 4.24. The molecule has 1 amide bonds. The number of hydrogen-bond acceptors (Lipinski definition) is 5. The van der Waals surface area contributed by atoms with Crippen molar-refractivity contribution in [2.45, 2.75) is 0 Å². The number of nitrogen functional groups attached to an aromatic ring is 1. The normalized spacial score (nSPS) is 11.3. The number of carbonyl (C=O) groups excluding carboxylic acids is 1. The summed E-state index contributed by atoms with van der Waals surface area (Å²) in [5.74, 6) is -0.796. The van der Waals surface area contributed by atoms with Crippen LogP contribution in [0.2, 0.25) is 0 Å². The minimum Gasteiger partial charge on any atom is -0.399 e. The summed E-state index contributed by atoms with van der Waals surface area (Å²) in [6.07, 6.45) is 1.61. The monoisotopic (exact) mass is 309 g/mol. The molecule has 0 atom stereocenters. The molecule has 0 bridgehead atoms. The number of carbonyl (C=O) groups is 1. The number of nitrogens with one attached hydrogen (secondary N) is 1. The highest BCUT2D eigenvalue weighted by molar-refractivity contribution is 7.89. The number of nitrogens with zero attached hydrogens (tertiary/aromatic N) is 2. The zero-order valence-electron chi connectivity index (χ0n) is 11.1. The summed E-state index contributed by atoms with van der Waals surface area (Å²) in [6, 6.07) is 8.56. The van der Waals surface area contributed by atoms with Gasteiger partial charge in [-0.1, -0.05) is 6.07 Å². The van der Waals surface area contributed by atoms with Gasteiger partial charge in [-0.25, -0.2) is 18.2 Å². The second kappa shape index (κ2) is 5.94. The zero-order chi connectivity index (χ0) is 15.5. The molecule has 0 saturated carbocycles. The number of rotatable bonds is 5. The second-order valence-electron chi connectivity index (χ2n) is 4.36. The topological polar surface area (TPSA) is 133 Å². The number of nitrogens with two attached hydrogens (primary N) is 2. The van der Waals surface area contributed by atoms with Crippen molar-refractivity contribution in [3.05, 3.63) is 42.2 Å². The van der Waals surface area contributed by atoms with E-state index < -0.39 is 15.9 Å². The van der Waals surface area contributed by atoms with Crippen LogP contribution in [0.25, 0.3) is 5.69 Å². The fraction of sp³-hybridized carbons (Fsp3) is 0.167. The smallest absolute Gasteiger partial charge is 0.271 e. The van der Waals surface area contributed by atoms with Crippen LogP contribution < -0.4 is 16.2 Å². The van der Waals surface area contributed by atoms with E-state index in [1.165, 1.54) is 10.7 Å². The van der Waals surface area contributed by atoms with Crippen molar-refractivity contribution in [2.75, 3.05) is 18.0 Å². The van der Waals surface area contributed by atoms with Crippen LogP contribution in [-0.4, -0.2) is 36.4 Å². The third-order valence-corrected chi connectivity index (χ3v) is 3.40. The van der Waals surface area contributed by atoms with Gasteiger partial charge in [0, 0.05) is 18.4 Å². The molecule has 112 valence electrons. The van der Waals surface area contributed by atoms with E-state index in [0.29, 0.717) is 5.69 Å². The Bertz CT molecular complexity index is 754. The van der Waals surface area contributed by atoms with Gasteiger partial charge in [0.15, 0.2) is 5.69 Å². The van der Waals surface area contributed by atoms with E-state index in [1.807, 2.05) is 0 Å². The average Bonchev–Trinajstić information content (AvgIpc) is 2.86. The van der Waals surface area contributed by atoms with Gasteiger partial charge in [-0.15, -0.1) is 0 Å². The highest BCUT2D eigenvalue weighted by Crippen LogP contribution is 2.11. The van der Waals surface area contributed by atoms with Gasteiger partial charge in [0.05, 0.1) is 11.4 Å². The summed E-state index contributed by atoms with van der Waals surface area (Å²) in [6.45, 7) is -0.0667. The number of aromatic nitrogens is 2. The molecule has 1 heterocycles. The first-order chi connectivity index (χ1) is 9.85. The second-order valence-corrected chi connectivity index (χ2v) is 6.10. The standard InChI is InChI=1S/C12H15N5O3S/c13-9-2-1-3-10(8-9)17-6-4-11(16-17)12(18)15-5-7-21(14,19)20/h1-4,6,8H,5,7,13H2,(H,15,18)(H2,14,19,20). The molecule has 1 aromatic heterocycles. The van der Waals surface area contributed by atoms with Crippen molar-refractivity contribution in [1.82, 2.24) is 15.1 Å². The lowest BCUT2D eigenvalue weighted by Gasteiger charge is -2.03. The van der Waals surface area contributed by atoms with Crippen LogP contribution in [0.1, 0.15) is 10.5 Å². The summed E-state index contributed by atoms with van der Waals surface area (Å²) in [5, 5.41) is 11.4. The lowest BCUT2D eigenvalue weighted by Crippen LogP contribution is -2.31. The van der Waals surface area contributed by atoms with E-state index in [2.05, 4.69) is 10.4 Å². The molecule has 2 rings (SSSR count). The summed E-state index contributed by atoms with van der Waals surface area (Å²) in [5.41, 5.74) is 7.16. The molecule has 5 N–H and O–H groups in total. The Morgan fingerprint density at radius 2 is 2.10 bits per heavy atom. The number of anilines is 1. The SMILES string of the molecule is Nc1cccc(-n2ccc(C(=O)NCCS(N)(=O)=O)n2)c1. The first kappa shape index (κ1) is 15.0. The van der Waals surface area contributed by atoms with Gasteiger partial charge in [0.25, 0.3) is 5.91 Å². The Hall–Kier alpha value is -2.39. The van der Waals surface area contributed by atoms with Gasteiger partial charge in [-0.2, -0.15) is 5.10 Å². The van der Waals surface area contributed by atoms with Crippen LogP contribution in [0, 0.1) is 0 Å². The van der Waals surface area contributed by atoms with Crippen molar-refractivity contribution in [2.24, 2.45) is 5.14 Å². The molecular formula is C12H15N5O3S. The van der Waals surface area contributed by atoms with Gasteiger partial charge < -0.3 is 11.1 Å². The maximum atomic E-state index is 11.8. The maximum absolute atomic E-state index is 11.8. The highest BCUT2D eigenvalue weighted by atomic mass is 32.2. The lowest BCUT2D eigenvalue weighted by molar-refractivity contribution is 0.0950. The minimum atomic E-state index is -3.60. The average molecular weight is 309 g/mol. The van der Waals surface area contributed by atoms with Crippen LogP contribution in [0.3, 0.4) is 0 Å². The molecular weight excluding hydrogens is 294 g/mol. The van der Waals surface area contributed by atoms with Gasteiger partial charge in [0.1, 0.15) is 0 Å². The molecule has 21 heavy (non-hydrogen) atoms. The van der Waals surface area contributed by atoms with Crippen LogP contribution in [0.15, 0.2) is 36.5 Å². The van der Waals surface area contributed by atoms with E-state index in [4.69, 9.17) is 10.9 Å². The molecule has 0 aliphatic rings. The summed E-state index contributed by atoms with van der Waals surface area (Å²) < 4.78 is 23.0. The maximum Gasteiger partial charge on any atom is 0.271 e. The summed E-state index contributed by atoms with van der Waals surface area (Å²) >= 11 is 0. The Morgan fingerprint density at radius 3 is 2.76 bits per heavy atom. The van der Waals surface area contributed by atoms with Gasteiger partial charge in [-0.05, 0) is 24.3 Å². The van der Waals surface area contributed by atoms with E-state index in [-0.39, 0.29) is 18.0 Å². The van der Waals surface area contributed by atoms with Crippen LogP contribution in [0.5, 0.6) is 0 Å². The fourth-order valence-corrected chi connectivity index (χ4v) is 2.04. The van der Waals surface area contributed by atoms with E-state index >= 15 is 0 Å². The molecule has 0 saturated heterocycles. The van der Waals surface area contributed by atoms with Crippen molar-refractivity contribution in [1.29, 1.82) is 0 Å². The van der Waals surface area contributed by atoms with Crippen molar-refractivity contribution < 1.29 is 13.2 Å². The van der Waals surface area contributed by atoms with E-state index in [1.54, 1.807) is 30.5 Å². The van der Waals surface area contributed by atoms with E-state index in [9.17, 15) is 13.2 Å². The molecule has 0 radical (unpaired) electrons. The van der Waals surface area contributed by atoms with Crippen LogP contribution in [-0.2, 0) is 10.0 Å². The van der Waals surface area contributed by atoms with Crippen molar-refractivity contribution >= 4 is 21.6 Å². The Morgan fingerprint density at radius 1 is 1.33 bits per heavy atom. The van der Waals surface area contributed by atoms with Crippen molar-refractivity contribution in [3.8, 4) is 5.69 Å². The molecule has 2 aromatic rings. The van der Waals surface area contributed by atoms with Crippen molar-refractivity contribution in [3.63, 3.8) is 0 Å². The first-order valence-corrected chi connectivity index (χ1v) is 7.77. The third kappa shape index (κ3) is 4.29. The van der Waals surface area contributed by atoms with Crippen LogP contribution in [0.4, 0.5) is 5.69 Å². The fourth-order valence-electron chi connectivity index (χ4n) is 1.65. The largest absolute Gasteiger partial charge is 0.399 e. The Balaban J connectivity index is 2.04. The number of amides is 1. The minimum absolute atomic E-state index is 0.0667. The molecule has 0 aliphatic carbocycles. The molecule has 8 nitrogen and oxygen atoms in total. The highest BCUT2D eigenvalue weighted by Gasteiger charge is 2.11. The van der Waals surface area contributed by atoms with Gasteiger partial charge in [-0.3, -0.25) is 4.79 Å². The molecule has 0 aliphatic heterocycles. The molecule has 0 fully saturated rings. The summed E-state index contributed by atoms with van der Waals surface area (Å²) in [4.78, 5) is 11.8. The number of sulfonamides is 1. The predicted octanol–water partition coefficient (Wildman–Crippen LogP) is -0.527. The van der Waals surface area contributed by atoms with Crippen LogP contribution >= 0.6 is 0 Å². The zero-order valence-corrected chi connectivity index (χ0v) is 11.9. The quantitative estimate of drug-likeness (QED) is 0.639. The lowest BCUT2D eigenvalue weighted by atomic mass is 10.3. The number of benzene rings is 1.